The van der Waals surface area contributed by atoms with Gasteiger partial charge in [0, 0.05) is 12.2 Å². The van der Waals surface area contributed by atoms with Gasteiger partial charge in [0.2, 0.25) is 0 Å². The summed E-state index contributed by atoms with van der Waals surface area (Å²) in [6, 6.07) is 3.63. The van der Waals surface area contributed by atoms with E-state index in [0.717, 1.165) is 12.8 Å². The summed E-state index contributed by atoms with van der Waals surface area (Å²) >= 11 is 0. The predicted molar refractivity (Wildman–Crippen MR) is 75.5 cm³/mol. The number of carbonyl (C=O) groups excluding carboxylic acids is 1. The van der Waals surface area contributed by atoms with Gasteiger partial charge in [-0.25, -0.2) is 0 Å². The van der Waals surface area contributed by atoms with E-state index in [-0.39, 0.29) is 11.9 Å². The number of aromatic nitrogens is 1. The minimum atomic E-state index is -0.122. The van der Waals surface area contributed by atoms with Crippen molar-refractivity contribution in [3.63, 3.8) is 0 Å². The minimum absolute atomic E-state index is 0.122. The summed E-state index contributed by atoms with van der Waals surface area (Å²) in [7, 11) is 0. The van der Waals surface area contributed by atoms with Gasteiger partial charge >= 0.3 is 0 Å². The number of pyridine rings is 1. The highest BCUT2D eigenvalue weighted by atomic mass is 16.1. The fraction of sp³-hybridized carbons (Fsp3) is 0.571. The average Bonchev–Trinajstić information content (AvgIpc) is 2.37. The molecule has 0 bridgehead atoms. The summed E-state index contributed by atoms with van der Waals surface area (Å²) in [5.41, 5.74) is 3.61. The third kappa shape index (κ3) is 3.67. The Bertz CT molecular complexity index is 439. The first-order valence-corrected chi connectivity index (χ1v) is 6.82. The van der Waals surface area contributed by atoms with Crippen LogP contribution in [0.5, 0.6) is 0 Å². The molecule has 1 aromatic heterocycles. The fourth-order valence-electron chi connectivity index (χ4n) is 2.97. The summed E-state index contributed by atoms with van der Waals surface area (Å²) in [4.78, 5) is 16.2. The van der Waals surface area contributed by atoms with E-state index in [1.165, 1.54) is 6.42 Å². The molecule has 2 atom stereocenters. The largest absolute Gasteiger partial charge is 0.348 e. The van der Waals surface area contributed by atoms with Gasteiger partial charge in [-0.15, -0.1) is 0 Å². The molecular formula is C14H22N4O. The normalized spacial score (nSPS) is 26.8. The van der Waals surface area contributed by atoms with Crippen molar-refractivity contribution in [3.05, 3.63) is 24.0 Å². The minimum Gasteiger partial charge on any atom is -0.348 e. The molecule has 1 amide bonds. The second-order valence-corrected chi connectivity index (χ2v) is 5.66. The Labute approximate surface area is 114 Å². The molecule has 5 heteroatoms. The summed E-state index contributed by atoms with van der Waals surface area (Å²) in [6.45, 7) is 4.48. The van der Waals surface area contributed by atoms with Crippen LogP contribution in [0.15, 0.2) is 18.3 Å². The monoisotopic (exact) mass is 262 g/mol. The molecule has 1 saturated carbocycles. The standard InChI is InChI=1S/C14H22N4O/c1-9-5-10(2)7-12(6-9)17-14(19)13-8-11(18-15)3-4-16-13/h3-4,8-10,12H,5-7,15H2,1-2H3,(H,16,18)(H,17,19). The Kier molecular flexibility index (Phi) is 4.37. The SMILES string of the molecule is CC1CC(C)CC(NC(=O)c2cc(NN)ccn2)C1. The second-order valence-electron chi connectivity index (χ2n) is 5.66. The van der Waals surface area contributed by atoms with Gasteiger partial charge in [0.05, 0.1) is 5.69 Å². The molecule has 1 aromatic rings. The van der Waals surface area contributed by atoms with E-state index in [2.05, 4.69) is 29.6 Å². The van der Waals surface area contributed by atoms with Crippen molar-refractivity contribution in [2.75, 3.05) is 5.43 Å². The number of hydrazine groups is 1. The van der Waals surface area contributed by atoms with Crippen molar-refractivity contribution in [3.8, 4) is 0 Å². The Morgan fingerprint density at radius 3 is 2.63 bits per heavy atom. The molecule has 4 N–H and O–H groups in total. The molecule has 2 unspecified atom stereocenters. The van der Waals surface area contributed by atoms with Crippen LogP contribution >= 0.6 is 0 Å². The van der Waals surface area contributed by atoms with E-state index in [9.17, 15) is 4.79 Å². The molecule has 2 rings (SSSR count). The summed E-state index contributed by atoms with van der Waals surface area (Å²) in [5, 5.41) is 3.08. The quantitative estimate of drug-likeness (QED) is 0.574. The smallest absolute Gasteiger partial charge is 0.270 e. The second kappa shape index (κ2) is 6.02. The van der Waals surface area contributed by atoms with Gasteiger partial charge in [-0.1, -0.05) is 13.8 Å². The Morgan fingerprint density at radius 1 is 1.32 bits per heavy atom. The van der Waals surface area contributed by atoms with Gasteiger partial charge in [0.15, 0.2) is 0 Å². The maximum Gasteiger partial charge on any atom is 0.270 e. The first-order chi connectivity index (χ1) is 9.08. The zero-order chi connectivity index (χ0) is 13.8. The maximum atomic E-state index is 12.2. The van der Waals surface area contributed by atoms with Gasteiger partial charge in [-0.05, 0) is 43.2 Å². The van der Waals surface area contributed by atoms with Gasteiger partial charge in [-0.2, -0.15) is 0 Å². The van der Waals surface area contributed by atoms with E-state index in [4.69, 9.17) is 5.84 Å². The molecule has 0 aliphatic heterocycles. The van der Waals surface area contributed by atoms with Crippen molar-refractivity contribution in [2.24, 2.45) is 17.7 Å². The maximum absolute atomic E-state index is 12.2. The zero-order valence-electron chi connectivity index (χ0n) is 11.5. The van der Waals surface area contributed by atoms with E-state index < -0.39 is 0 Å². The number of nitrogens with zero attached hydrogens (tertiary/aromatic N) is 1. The number of anilines is 1. The molecule has 19 heavy (non-hydrogen) atoms. The molecule has 1 aliphatic rings. The van der Waals surface area contributed by atoms with Crippen LogP contribution in [0.4, 0.5) is 5.69 Å². The van der Waals surface area contributed by atoms with Gasteiger partial charge in [-0.3, -0.25) is 15.6 Å². The van der Waals surface area contributed by atoms with Crippen molar-refractivity contribution in [2.45, 2.75) is 39.2 Å². The molecule has 1 aliphatic carbocycles. The van der Waals surface area contributed by atoms with Gasteiger partial charge < -0.3 is 10.7 Å². The number of nitrogens with one attached hydrogen (secondary N) is 2. The van der Waals surface area contributed by atoms with Crippen molar-refractivity contribution >= 4 is 11.6 Å². The number of hydrogen-bond donors (Lipinski definition) is 3. The Balaban J connectivity index is 2.00. The van der Waals surface area contributed by atoms with Crippen LogP contribution in [0.25, 0.3) is 0 Å². The van der Waals surface area contributed by atoms with Crippen LogP contribution in [0.1, 0.15) is 43.6 Å². The lowest BCUT2D eigenvalue weighted by Gasteiger charge is -2.31. The number of rotatable bonds is 3. The average molecular weight is 262 g/mol. The highest BCUT2D eigenvalue weighted by molar-refractivity contribution is 5.93. The van der Waals surface area contributed by atoms with Crippen LogP contribution in [0.2, 0.25) is 0 Å². The summed E-state index contributed by atoms with van der Waals surface area (Å²) < 4.78 is 0. The van der Waals surface area contributed by atoms with Crippen LogP contribution in [0.3, 0.4) is 0 Å². The molecule has 0 spiro atoms. The number of amides is 1. The Morgan fingerprint density at radius 2 is 2.00 bits per heavy atom. The number of hydrogen-bond acceptors (Lipinski definition) is 4. The lowest BCUT2D eigenvalue weighted by molar-refractivity contribution is 0.0906. The first kappa shape index (κ1) is 13.8. The van der Waals surface area contributed by atoms with E-state index in [0.29, 0.717) is 23.2 Å². The van der Waals surface area contributed by atoms with E-state index >= 15 is 0 Å². The summed E-state index contributed by atoms with van der Waals surface area (Å²) in [5.74, 6) is 6.54. The van der Waals surface area contributed by atoms with Gasteiger partial charge in [0.1, 0.15) is 5.69 Å². The van der Waals surface area contributed by atoms with Crippen LogP contribution in [0, 0.1) is 11.8 Å². The lowest BCUT2D eigenvalue weighted by Crippen LogP contribution is -2.40. The molecule has 1 heterocycles. The van der Waals surface area contributed by atoms with Crippen LogP contribution in [-0.2, 0) is 0 Å². The topological polar surface area (TPSA) is 80.0 Å². The van der Waals surface area contributed by atoms with Crippen molar-refractivity contribution < 1.29 is 4.79 Å². The third-order valence-corrected chi connectivity index (χ3v) is 3.67. The highest BCUT2D eigenvalue weighted by Crippen LogP contribution is 2.28. The molecular weight excluding hydrogens is 240 g/mol. The predicted octanol–water partition coefficient (Wildman–Crippen LogP) is 1.92. The number of nitrogen functional groups attached to an aromatic ring is 1. The first-order valence-electron chi connectivity index (χ1n) is 6.82. The van der Waals surface area contributed by atoms with E-state index in [1.54, 1.807) is 18.3 Å². The van der Waals surface area contributed by atoms with Crippen LogP contribution in [-0.4, -0.2) is 16.9 Å². The lowest BCUT2D eigenvalue weighted by atomic mass is 9.80. The molecule has 0 aromatic carbocycles. The zero-order valence-corrected chi connectivity index (χ0v) is 11.5. The number of carbonyl (C=O) groups is 1. The molecule has 0 radical (unpaired) electrons. The number of nitrogens with two attached hydrogens (primary N) is 1. The van der Waals surface area contributed by atoms with Crippen molar-refractivity contribution in [1.29, 1.82) is 0 Å². The van der Waals surface area contributed by atoms with Crippen molar-refractivity contribution in [1.82, 2.24) is 10.3 Å². The van der Waals surface area contributed by atoms with Crippen LogP contribution < -0.4 is 16.6 Å². The molecule has 1 fully saturated rings. The Hall–Kier alpha value is -1.62. The van der Waals surface area contributed by atoms with E-state index in [1.807, 2.05) is 0 Å². The fourth-order valence-corrected chi connectivity index (χ4v) is 2.97. The third-order valence-electron chi connectivity index (χ3n) is 3.67. The highest BCUT2D eigenvalue weighted by Gasteiger charge is 2.25. The molecule has 0 saturated heterocycles. The van der Waals surface area contributed by atoms with Gasteiger partial charge in [0.25, 0.3) is 5.91 Å². The summed E-state index contributed by atoms with van der Waals surface area (Å²) in [6.07, 6.45) is 4.92. The molecule has 104 valence electrons. The molecule has 5 nitrogen and oxygen atoms in total.